The molecular formula is C20H18O5. The van der Waals surface area contributed by atoms with Gasteiger partial charge in [0, 0.05) is 12.5 Å². The van der Waals surface area contributed by atoms with E-state index in [0.717, 1.165) is 16.3 Å². The summed E-state index contributed by atoms with van der Waals surface area (Å²) in [7, 11) is 0. The summed E-state index contributed by atoms with van der Waals surface area (Å²) >= 11 is 0. The molecule has 0 atom stereocenters. The Hall–Kier alpha value is -3.08. The molecule has 0 fully saturated rings. The summed E-state index contributed by atoms with van der Waals surface area (Å²) in [6, 6.07) is 15.6. The summed E-state index contributed by atoms with van der Waals surface area (Å²) in [5, 5.41) is 2.18. The molecule has 0 amide bonds. The highest BCUT2D eigenvalue weighted by Gasteiger charge is 2.19. The lowest BCUT2D eigenvalue weighted by Gasteiger charge is -2.05. The molecular weight excluding hydrogens is 320 g/mol. The standard InChI is InChI=1S/C20H18O5/c1-3-23-20(22)18-11-17(19(25-18)12-24-13(2)21)16-9-8-14-6-4-5-7-15(14)10-16/h4-11H,3,12H2,1-2H3. The molecule has 25 heavy (non-hydrogen) atoms. The predicted octanol–water partition coefficient (Wildman–Crippen LogP) is 4.34. The topological polar surface area (TPSA) is 65.7 Å². The number of carbonyl (C=O) groups is 2. The first-order valence-electron chi connectivity index (χ1n) is 8.01. The van der Waals surface area contributed by atoms with E-state index in [-0.39, 0.29) is 19.0 Å². The number of ether oxygens (including phenoxy) is 2. The number of fused-ring (bicyclic) bond motifs is 1. The van der Waals surface area contributed by atoms with Crippen molar-refractivity contribution in [2.45, 2.75) is 20.5 Å². The van der Waals surface area contributed by atoms with Crippen LogP contribution in [-0.4, -0.2) is 18.5 Å². The van der Waals surface area contributed by atoms with Crippen molar-refractivity contribution in [1.82, 2.24) is 0 Å². The zero-order chi connectivity index (χ0) is 17.8. The molecule has 3 aromatic rings. The summed E-state index contributed by atoms with van der Waals surface area (Å²) in [4.78, 5) is 23.1. The molecule has 0 aliphatic carbocycles. The Kier molecular flexibility index (Phi) is 4.84. The van der Waals surface area contributed by atoms with Crippen LogP contribution in [0.2, 0.25) is 0 Å². The van der Waals surface area contributed by atoms with Crippen LogP contribution in [0, 0.1) is 0 Å². The average molecular weight is 338 g/mol. The number of carbonyl (C=O) groups excluding carboxylic acids is 2. The summed E-state index contributed by atoms with van der Waals surface area (Å²) in [5.74, 6) is -0.460. The highest BCUT2D eigenvalue weighted by Crippen LogP contribution is 2.31. The molecule has 5 nitrogen and oxygen atoms in total. The summed E-state index contributed by atoms with van der Waals surface area (Å²) in [6.07, 6.45) is 0. The van der Waals surface area contributed by atoms with Crippen molar-refractivity contribution < 1.29 is 23.5 Å². The fourth-order valence-electron chi connectivity index (χ4n) is 2.61. The van der Waals surface area contributed by atoms with Gasteiger partial charge in [0.15, 0.2) is 0 Å². The van der Waals surface area contributed by atoms with Crippen LogP contribution in [0.3, 0.4) is 0 Å². The van der Waals surface area contributed by atoms with Crippen LogP contribution in [0.15, 0.2) is 52.9 Å². The molecule has 3 rings (SSSR count). The molecule has 0 aliphatic rings. The van der Waals surface area contributed by atoms with Crippen molar-refractivity contribution >= 4 is 22.7 Å². The first-order chi connectivity index (χ1) is 12.1. The van der Waals surface area contributed by atoms with E-state index in [9.17, 15) is 9.59 Å². The van der Waals surface area contributed by atoms with E-state index in [2.05, 4.69) is 0 Å². The van der Waals surface area contributed by atoms with Crippen LogP contribution in [0.1, 0.15) is 30.2 Å². The second-order valence-corrected chi connectivity index (χ2v) is 5.51. The zero-order valence-corrected chi connectivity index (χ0v) is 14.1. The minimum atomic E-state index is -0.543. The lowest BCUT2D eigenvalue weighted by molar-refractivity contribution is -0.142. The fraction of sp³-hybridized carbons (Fsp3) is 0.200. The van der Waals surface area contributed by atoms with Crippen LogP contribution >= 0.6 is 0 Å². The van der Waals surface area contributed by atoms with E-state index in [1.54, 1.807) is 13.0 Å². The Bertz CT molecular complexity index is 923. The van der Waals surface area contributed by atoms with Gasteiger partial charge in [-0.15, -0.1) is 0 Å². The summed E-state index contributed by atoms with van der Waals surface area (Å²) in [6.45, 7) is 3.26. The lowest BCUT2D eigenvalue weighted by Crippen LogP contribution is -2.03. The predicted molar refractivity (Wildman–Crippen MR) is 93.1 cm³/mol. The molecule has 0 unspecified atom stereocenters. The van der Waals surface area contributed by atoms with Gasteiger partial charge >= 0.3 is 11.9 Å². The Labute approximate surface area is 145 Å². The van der Waals surface area contributed by atoms with E-state index in [1.165, 1.54) is 6.92 Å². The largest absolute Gasteiger partial charge is 0.460 e. The average Bonchev–Trinajstić information content (AvgIpc) is 3.04. The molecule has 0 saturated heterocycles. The molecule has 0 N–H and O–H groups in total. The van der Waals surface area contributed by atoms with Gasteiger partial charge in [0.05, 0.1) is 6.61 Å². The van der Waals surface area contributed by atoms with Crippen molar-refractivity contribution in [2.24, 2.45) is 0 Å². The van der Waals surface area contributed by atoms with Gasteiger partial charge in [-0.1, -0.05) is 36.4 Å². The van der Waals surface area contributed by atoms with Gasteiger partial charge < -0.3 is 13.9 Å². The van der Waals surface area contributed by atoms with Crippen molar-refractivity contribution in [3.63, 3.8) is 0 Å². The maximum atomic E-state index is 12.0. The van der Waals surface area contributed by atoms with Crippen LogP contribution in [0.25, 0.3) is 21.9 Å². The molecule has 0 radical (unpaired) electrons. The third kappa shape index (κ3) is 3.71. The maximum absolute atomic E-state index is 12.0. The Morgan fingerprint density at radius 2 is 1.76 bits per heavy atom. The van der Waals surface area contributed by atoms with E-state index in [1.807, 2.05) is 42.5 Å². The highest BCUT2D eigenvalue weighted by atomic mass is 16.6. The Morgan fingerprint density at radius 3 is 2.48 bits per heavy atom. The van der Waals surface area contributed by atoms with Gasteiger partial charge in [-0.25, -0.2) is 4.79 Å². The molecule has 0 spiro atoms. The fourth-order valence-corrected chi connectivity index (χ4v) is 2.61. The Balaban J connectivity index is 2.04. The van der Waals surface area contributed by atoms with Crippen LogP contribution in [-0.2, 0) is 20.9 Å². The van der Waals surface area contributed by atoms with Crippen molar-refractivity contribution in [2.75, 3.05) is 6.61 Å². The van der Waals surface area contributed by atoms with Gasteiger partial charge in [-0.2, -0.15) is 0 Å². The van der Waals surface area contributed by atoms with E-state index in [4.69, 9.17) is 13.9 Å². The molecule has 2 aromatic carbocycles. The third-order valence-corrected chi connectivity index (χ3v) is 3.75. The van der Waals surface area contributed by atoms with Gasteiger partial charge in [-0.05, 0) is 35.4 Å². The molecule has 128 valence electrons. The van der Waals surface area contributed by atoms with Crippen LogP contribution < -0.4 is 0 Å². The second-order valence-electron chi connectivity index (χ2n) is 5.51. The minimum absolute atomic E-state index is 0.0447. The summed E-state index contributed by atoms with van der Waals surface area (Å²) < 4.78 is 15.6. The number of esters is 2. The molecule has 5 heteroatoms. The first kappa shape index (κ1) is 16.8. The molecule has 1 aromatic heterocycles. The number of benzene rings is 2. The third-order valence-electron chi connectivity index (χ3n) is 3.75. The normalized spacial score (nSPS) is 10.6. The van der Waals surface area contributed by atoms with Crippen LogP contribution in [0.4, 0.5) is 0 Å². The lowest BCUT2D eigenvalue weighted by atomic mass is 10.0. The smallest absolute Gasteiger partial charge is 0.374 e. The van der Waals surface area contributed by atoms with Crippen LogP contribution in [0.5, 0.6) is 0 Å². The van der Waals surface area contributed by atoms with Gasteiger partial charge in [0.25, 0.3) is 0 Å². The van der Waals surface area contributed by atoms with Crippen molar-refractivity contribution in [1.29, 1.82) is 0 Å². The van der Waals surface area contributed by atoms with E-state index in [0.29, 0.717) is 11.3 Å². The monoisotopic (exact) mass is 338 g/mol. The quantitative estimate of drug-likeness (QED) is 0.648. The molecule has 0 bridgehead atoms. The number of furan rings is 1. The SMILES string of the molecule is CCOC(=O)c1cc(-c2ccc3ccccc3c2)c(COC(C)=O)o1. The second kappa shape index (κ2) is 7.21. The molecule has 0 aliphatic heterocycles. The summed E-state index contributed by atoms with van der Waals surface area (Å²) in [5.41, 5.74) is 1.58. The van der Waals surface area contributed by atoms with Crippen molar-refractivity contribution in [3.05, 3.63) is 60.1 Å². The maximum Gasteiger partial charge on any atom is 0.374 e. The van der Waals surface area contributed by atoms with E-state index >= 15 is 0 Å². The van der Waals surface area contributed by atoms with Crippen molar-refractivity contribution in [3.8, 4) is 11.1 Å². The highest BCUT2D eigenvalue weighted by molar-refractivity contribution is 5.91. The number of rotatable bonds is 5. The number of hydrogen-bond acceptors (Lipinski definition) is 5. The van der Waals surface area contributed by atoms with Gasteiger partial charge in [0.1, 0.15) is 12.4 Å². The molecule has 1 heterocycles. The number of hydrogen-bond donors (Lipinski definition) is 0. The van der Waals surface area contributed by atoms with Gasteiger partial charge in [-0.3, -0.25) is 4.79 Å². The molecule has 0 saturated carbocycles. The minimum Gasteiger partial charge on any atom is -0.460 e. The Morgan fingerprint density at radius 1 is 1.00 bits per heavy atom. The first-order valence-corrected chi connectivity index (χ1v) is 8.01. The van der Waals surface area contributed by atoms with Gasteiger partial charge in [0.2, 0.25) is 5.76 Å². The zero-order valence-electron chi connectivity index (χ0n) is 14.1. The van der Waals surface area contributed by atoms with E-state index < -0.39 is 11.9 Å².